The summed E-state index contributed by atoms with van der Waals surface area (Å²) in [6.45, 7) is 6.30. The lowest BCUT2D eigenvalue weighted by Gasteiger charge is -2.18. The van der Waals surface area contributed by atoms with E-state index in [0.29, 0.717) is 19.3 Å². The van der Waals surface area contributed by atoms with Gasteiger partial charge in [-0.15, -0.1) is 0 Å². The highest BCUT2D eigenvalue weighted by Crippen LogP contribution is 2.13. The van der Waals surface area contributed by atoms with Gasteiger partial charge in [0.15, 0.2) is 6.10 Å². The quantitative estimate of drug-likeness (QED) is 0.0201. The molecule has 0 fully saturated rings. The Balaban J connectivity index is 4.49. The van der Waals surface area contributed by atoms with Crippen LogP contribution in [0.1, 0.15) is 207 Å². The smallest absolute Gasteiger partial charge is 0.306 e. The van der Waals surface area contributed by atoms with Gasteiger partial charge in [0, 0.05) is 19.3 Å². The van der Waals surface area contributed by atoms with E-state index < -0.39 is 6.10 Å². The average molecular weight is 807 g/mol. The minimum Gasteiger partial charge on any atom is -0.462 e. The predicted molar refractivity (Wildman–Crippen MR) is 247 cm³/mol. The van der Waals surface area contributed by atoms with Gasteiger partial charge in [0.1, 0.15) is 13.2 Å². The van der Waals surface area contributed by atoms with Crippen LogP contribution in [0.15, 0.2) is 85.1 Å². The maximum Gasteiger partial charge on any atom is 0.306 e. The summed E-state index contributed by atoms with van der Waals surface area (Å²) in [6.07, 6.45) is 58.6. The highest BCUT2D eigenvalue weighted by atomic mass is 16.6. The third kappa shape index (κ3) is 43.7. The van der Waals surface area contributed by atoms with E-state index in [1.54, 1.807) is 0 Å². The summed E-state index contributed by atoms with van der Waals surface area (Å²) in [6, 6.07) is 0. The maximum atomic E-state index is 12.7. The van der Waals surface area contributed by atoms with Crippen molar-refractivity contribution in [1.82, 2.24) is 0 Å². The van der Waals surface area contributed by atoms with Crippen molar-refractivity contribution in [2.75, 3.05) is 13.2 Å². The number of hydrogen-bond acceptors (Lipinski definition) is 6. The molecule has 0 aliphatic carbocycles. The second-order valence-corrected chi connectivity index (χ2v) is 15.3. The molecule has 0 saturated heterocycles. The van der Waals surface area contributed by atoms with E-state index in [1.165, 1.54) is 64.2 Å². The van der Waals surface area contributed by atoms with Gasteiger partial charge in [0.2, 0.25) is 0 Å². The number of hydrogen-bond donors (Lipinski definition) is 0. The Labute approximate surface area is 356 Å². The largest absolute Gasteiger partial charge is 0.462 e. The second kappa shape index (κ2) is 46.3. The van der Waals surface area contributed by atoms with Gasteiger partial charge in [0.05, 0.1) is 0 Å². The summed E-state index contributed by atoms with van der Waals surface area (Å²) in [4.78, 5) is 37.8. The first-order valence-electron chi connectivity index (χ1n) is 23.6. The molecule has 0 saturated carbocycles. The van der Waals surface area contributed by atoms with Gasteiger partial charge < -0.3 is 14.2 Å². The lowest BCUT2D eigenvalue weighted by molar-refractivity contribution is -0.166. The molecule has 1 unspecified atom stereocenters. The standard InChI is InChI=1S/C52H86O6/c1-4-7-10-13-16-19-22-25-26-28-30-33-36-39-42-45-51(54)57-48-49(47-56-50(53)44-41-38-35-32-29-24-21-18-15-12-9-6-3)58-52(55)46-43-40-37-34-31-27-23-20-17-14-11-8-5-2/h7,9-10,12-13,16,18-19,21-22,27,31,37,40,49H,4-6,8,11,14-15,17,20,23-26,28-30,32-36,38-39,41-48H2,1-3H3/b10-7-,12-9-,16-13-,21-18-,22-19-,31-27-,40-37-. The fourth-order valence-corrected chi connectivity index (χ4v) is 6.18. The van der Waals surface area contributed by atoms with E-state index >= 15 is 0 Å². The molecule has 6 nitrogen and oxygen atoms in total. The fraction of sp³-hybridized carbons (Fsp3) is 0.673. The van der Waals surface area contributed by atoms with Crippen molar-refractivity contribution in [1.29, 1.82) is 0 Å². The van der Waals surface area contributed by atoms with Crippen molar-refractivity contribution < 1.29 is 28.6 Å². The highest BCUT2D eigenvalue weighted by Gasteiger charge is 2.19. The SMILES string of the molecule is CC\C=C/C=C\C=C/CCCCCCCCCC(=O)OCC(COC(=O)CCCCCCC/C=C\C/C=C\CC)OC(=O)CC/C=C\C/C=C\CCCCCCCC. The molecule has 0 amide bonds. The van der Waals surface area contributed by atoms with Crippen LogP contribution in [0.2, 0.25) is 0 Å². The number of rotatable bonds is 41. The first kappa shape index (κ1) is 54.6. The van der Waals surface area contributed by atoms with Crippen LogP contribution in [0.25, 0.3) is 0 Å². The molecule has 1 atom stereocenters. The molecule has 0 aliphatic rings. The van der Waals surface area contributed by atoms with Crippen LogP contribution in [0.3, 0.4) is 0 Å². The number of carbonyl (C=O) groups excluding carboxylic acids is 3. The van der Waals surface area contributed by atoms with E-state index in [1.807, 2.05) is 6.08 Å². The molecular formula is C52H86O6. The second-order valence-electron chi connectivity index (χ2n) is 15.3. The Morgan fingerprint density at radius 3 is 1.29 bits per heavy atom. The maximum absolute atomic E-state index is 12.7. The monoisotopic (exact) mass is 807 g/mol. The summed E-state index contributed by atoms with van der Waals surface area (Å²) in [5.41, 5.74) is 0. The number of ether oxygens (including phenoxy) is 3. The summed E-state index contributed by atoms with van der Waals surface area (Å²) in [5, 5.41) is 0. The Hall–Kier alpha value is -3.41. The molecule has 330 valence electrons. The van der Waals surface area contributed by atoms with Crippen LogP contribution in [-0.2, 0) is 28.6 Å². The van der Waals surface area contributed by atoms with Crippen molar-refractivity contribution >= 4 is 17.9 Å². The van der Waals surface area contributed by atoms with Crippen molar-refractivity contribution in [2.24, 2.45) is 0 Å². The van der Waals surface area contributed by atoms with Crippen LogP contribution in [0.5, 0.6) is 0 Å². The summed E-state index contributed by atoms with van der Waals surface area (Å²) in [5.74, 6) is -1.01. The van der Waals surface area contributed by atoms with Crippen LogP contribution < -0.4 is 0 Å². The third-order valence-electron chi connectivity index (χ3n) is 9.69. The van der Waals surface area contributed by atoms with Crippen molar-refractivity contribution in [2.45, 2.75) is 213 Å². The van der Waals surface area contributed by atoms with Crippen molar-refractivity contribution in [3.8, 4) is 0 Å². The van der Waals surface area contributed by atoms with E-state index in [4.69, 9.17) is 14.2 Å². The summed E-state index contributed by atoms with van der Waals surface area (Å²) < 4.78 is 16.6. The van der Waals surface area contributed by atoms with Crippen LogP contribution in [-0.4, -0.2) is 37.2 Å². The Morgan fingerprint density at radius 1 is 0.379 bits per heavy atom. The van der Waals surface area contributed by atoms with Gasteiger partial charge in [-0.3, -0.25) is 14.4 Å². The zero-order chi connectivity index (χ0) is 42.3. The number of allylic oxidation sites excluding steroid dienone is 14. The van der Waals surface area contributed by atoms with Gasteiger partial charge in [-0.1, -0.05) is 189 Å². The molecule has 58 heavy (non-hydrogen) atoms. The highest BCUT2D eigenvalue weighted by molar-refractivity contribution is 5.71. The Bertz CT molecular complexity index is 1160. The molecule has 0 aromatic rings. The molecule has 0 N–H and O–H groups in total. The van der Waals surface area contributed by atoms with Gasteiger partial charge in [-0.05, 0) is 83.5 Å². The molecule has 0 spiro atoms. The lowest BCUT2D eigenvalue weighted by atomic mass is 10.1. The number of esters is 3. The molecular weight excluding hydrogens is 721 g/mol. The molecule has 0 bridgehead atoms. The lowest BCUT2D eigenvalue weighted by Crippen LogP contribution is -2.30. The van der Waals surface area contributed by atoms with Gasteiger partial charge in [-0.2, -0.15) is 0 Å². The number of unbranched alkanes of at least 4 members (excludes halogenated alkanes) is 18. The van der Waals surface area contributed by atoms with E-state index in [-0.39, 0.29) is 37.5 Å². The molecule has 0 heterocycles. The van der Waals surface area contributed by atoms with Gasteiger partial charge in [0.25, 0.3) is 0 Å². The van der Waals surface area contributed by atoms with Crippen LogP contribution in [0, 0.1) is 0 Å². The fourth-order valence-electron chi connectivity index (χ4n) is 6.18. The first-order chi connectivity index (χ1) is 28.5. The Morgan fingerprint density at radius 2 is 0.793 bits per heavy atom. The van der Waals surface area contributed by atoms with Crippen molar-refractivity contribution in [3.63, 3.8) is 0 Å². The zero-order valence-electron chi connectivity index (χ0n) is 37.5. The van der Waals surface area contributed by atoms with Gasteiger partial charge in [-0.25, -0.2) is 0 Å². The minimum absolute atomic E-state index is 0.111. The number of carbonyl (C=O) groups is 3. The first-order valence-corrected chi connectivity index (χ1v) is 23.6. The molecule has 0 rings (SSSR count). The topological polar surface area (TPSA) is 78.9 Å². The average Bonchev–Trinajstić information content (AvgIpc) is 3.22. The molecule has 0 radical (unpaired) electrons. The minimum atomic E-state index is -0.816. The zero-order valence-corrected chi connectivity index (χ0v) is 37.5. The van der Waals surface area contributed by atoms with Gasteiger partial charge >= 0.3 is 17.9 Å². The molecule has 6 heteroatoms. The molecule has 0 aromatic heterocycles. The van der Waals surface area contributed by atoms with Crippen LogP contribution in [0.4, 0.5) is 0 Å². The van der Waals surface area contributed by atoms with E-state index in [2.05, 4.69) is 99.8 Å². The summed E-state index contributed by atoms with van der Waals surface area (Å²) >= 11 is 0. The Kier molecular flexibility index (Phi) is 43.6. The van der Waals surface area contributed by atoms with Crippen molar-refractivity contribution in [3.05, 3.63) is 85.1 Å². The summed E-state index contributed by atoms with van der Waals surface area (Å²) in [7, 11) is 0. The normalized spacial score (nSPS) is 12.8. The van der Waals surface area contributed by atoms with E-state index in [0.717, 1.165) is 96.3 Å². The predicted octanol–water partition coefficient (Wildman–Crippen LogP) is 15.3. The molecule has 0 aromatic carbocycles. The molecule has 0 aliphatic heterocycles. The third-order valence-corrected chi connectivity index (χ3v) is 9.69. The van der Waals surface area contributed by atoms with E-state index in [9.17, 15) is 14.4 Å². The van der Waals surface area contributed by atoms with Crippen LogP contribution >= 0.6 is 0 Å².